The van der Waals surface area contributed by atoms with Crippen LogP contribution in [0.4, 0.5) is 0 Å². The zero-order valence-electron chi connectivity index (χ0n) is 26.5. The number of ether oxygens (including phenoxy) is 2. The van der Waals surface area contributed by atoms with Crippen molar-refractivity contribution < 1.29 is 24.2 Å². The Labute approximate surface area is 254 Å². The maximum Gasteiger partial charge on any atom is 0.337 e. The molecule has 0 spiro atoms. The first-order valence-electron chi connectivity index (χ1n) is 14.6. The third-order valence-corrected chi connectivity index (χ3v) is 8.54. The minimum atomic E-state index is -0.439. The highest BCUT2D eigenvalue weighted by molar-refractivity contribution is 5.91. The average Bonchev–Trinajstić information content (AvgIpc) is 2.95. The zero-order valence-corrected chi connectivity index (χ0v) is 26.5. The molecule has 0 radical (unpaired) electrons. The number of fused-ring (bicyclic) bond motifs is 2. The second-order valence-electron chi connectivity index (χ2n) is 14.0. The fourth-order valence-electron chi connectivity index (χ4n) is 5.67. The molecule has 5 nitrogen and oxygen atoms in total. The lowest BCUT2D eigenvalue weighted by Crippen LogP contribution is -2.27. The molecule has 0 fully saturated rings. The number of carbonyl (C=O) groups is 2. The van der Waals surface area contributed by atoms with Crippen LogP contribution in [0.5, 0.6) is 17.2 Å². The number of rotatable bonds is 4. The van der Waals surface area contributed by atoms with E-state index in [0.717, 1.165) is 50.4 Å². The summed E-state index contributed by atoms with van der Waals surface area (Å²) < 4.78 is 11.9. The van der Waals surface area contributed by atoms with Gasteiger partial charge in [0.15, 0.2) is 6.29 Å². The van der Waals surface area contributed by atoms with Crippen LogP contribution in [0, 0.1) is 0 Å². The minimum absolute atomic E-state index is 0.0569. The van der Waals surface area contributed by atoms with Gasteiger partial charge in [0.25, 0.3) is 0 Å². The predicted molar refractivity (Wildman–Crippen MR) is 172 cm³/mol. The molecule has 0 bridgehead atoms. The van der Waals surface area contributed by atoms with E-state index >= 15 is 0 Å². The first kappa shape index (κ1) is 30.1. The van der Waals surface area contributed by atoms with Crippen LogP contribution in [0.3, 0.4) is 0 Å². The van der Waals surface area contributed by atoms with Crippen LogP contribution >= 0.6 is 0 Å². The number of hydrogen-bond donors (Lipinski definition) is 1. The molecule has 1 N–H and O–H groups in total. The molecular formula is C38H40O5. The Morgan fingerprint density at radius 1 is 0.767 bits per heavy atom. The van der Waals surface area contributed by atoms with Crippen molar-refractivity contribution in [2.24, 2.45) is 0 Å². The van der Waals surface area contributed by atoms with Crippen molar-refractivity contribution in [3.8, 4) is 39.5 Å². The summed E-state index contributed by atoms with van der Waals surface area (Å²) in [6, 6.07) is 21.3. The molecule has 222 valence electrons. The molecule has 1 aliphatic rings. The van der Waals surface area contributed by atoms with Crippen LogP contribution in [0.25, 0.3) is 22.3 Å². The Morgan fingerprint density at radius 2 is 1.26 bits per heavy atom. The first-order valence-corrected chi connectivity index (χ1v) is 14.6. The standard InChI is InChI=1S/C38H40O5/c1-36(2,3)26-17-28(22-10-12-23(13-11-22)35(41)42-9)33-30(19-26)38(7,8)31-20-27(37(4,5)6)18-29(34(31)43-33)24-14-15-32(40)25(16-24)21-39/h10-21,40H,1-9H3. The van der Waals surface area contributed by atoms with E-state index in [9.17, 15) is 14.7 Å². The molecule has 4 aromatic carbocycles. The normalized spacial score (nSPS) is 13.9. The summed E-state index contributed by atoms with van der Waals surface area (Å²) in [7, 11) is 1.38. The van der Waals surface area contributed by atoms with E-state index in [1.165, 1.54) is 12.7 Å². The quantitative estimate of drug-likeness (QED) is 0.194. The smallest absolute Gasteiger partial charge is 0.337 e. The molecule has 5 heteroatoms. The van der Waals surface area contributed by atoms with Crippen molar-refractivity contribution in [2.45, 2.75) is 71.6 Å². The van der Waals surface area contributed by atoms with E-state index in [1.807, 2.05) is 18.2 Å². The van der Waals surface area contributed by atoms with Crippen molar-refractivity contribution in [1.29, 1.82) is 0 Å². The van der Waals surface area contributed by atoms with Crippen molar-refractivity contribution in [3.05, 3.63) is 100 Å². The molecule has 0 amide bonds. The molecule has 0 aliphatic carbocycles. The molecule has 0 atom stereocenters. The van der Waals surface area contributed by atoms with Crippen molar-refractivity contribution in [3.63, 3.8) is 0 Å². The van der Waals surface area contributed by atoms with E-state index in [4.69, 9.17) is 9.47 Å². The maximum absolute atomic E-state index is 12.2. The van der Waals surface area contributed by atoms with Gasteiger partial charge in [0.05, 0.1) is 18.2 Å². The molecule has 0 unspecified atom stereocenters. The number of aromatic hydroxyl groups is 1. The summed E-state index contributed by atoms with van der Waals surface area (Å²) in [5, 5.41) is 10.2. The number of aldehydes is 1. The van der Waals surface area contributed by atoms with Gasteiger partial charge in [-0.05, 0) is 69.5 Å². The molecule has 0 saturated heterocycles. The van der Waals surface area contributed by atoms with Gasteiger partial charge in [-0.2, -0.15) is 0 Å². The molecule has 1 heterocycles. The van der Waals surface area contributed by atoms with E-state index in [1.54, 1.807) is 24.3 Å². The van der Waals surface area contributed by atoms with Gasteiger partial charge in [-0.25, -0.2) is 4.79 Å². The van der Waals surface area contributed by atoms with Crippen LogP contribution in [0.15, 0.2) is 66.7 Å². The molecule has 43 heavy (non-hydrogen) atoms. The highest BCUT2D eigenvalue weighted by Gasteiger charge is 2.39. The second-order valence-corrected chi connectivity index (χ2v) is 14.0. The summed E-state index contributed by atoms with van der Waals surface area (Å²) in [6.07, 6.45) is 0.670. The summed E-state index contributed by atoms with van der Waals surface area (Å²) >= 11 is 0. The lowest BCUT2D eigenvalue weighted by Gasteiger charge is -2.39. The van der Waals surface area contributed by atoms with Crippen molar-refractivity contribution >= 4 is 12.3 Å². The van der Waals surface area contributed by atoms with Gasteiger partial charge in [-0.15, -0.1) is 0 Å². The highest BCUT2D eigenvalue weighted by atomic mass is 16.5. The fourth-order valence-corrected chi connectivity index (χ4v) is 5.67. The number of phenols is 1. The van der Waals surface area contributed by atoms with Gasteiger partial charge in [0, 0.05) is 27.7 Å². The van der Waals surface area contributed by atoms with Gasteiger partial charge in [0.1, 0.15) is 17.2 Å². The van der Waals surface area contributed by atoms with E-state index < -0.39 is 5.41 Å². The summed E-state index contributed by atoms with van der Waals surface area (Å²) in [5.74, 6) is 1.05. The maximum atomic E-state index is 12.2. The van der Waals surface area contributed by atoms with Crippen LogP contribution < -0.4 is 4.74 Å². The van der Waals surface area contributed by atoms with Crippen LogP contribution in [-0.2, 0) is 21.0 Å². The Hall–Kier alpha value is -4.38. The Bertz CT molecular complexity index is 1750. The minimum Gasteiger partial charge on any atom is -0.507 e. The second kappa shape index (κ2) is 10.4. The third kappa shape index (κ3) is 5.33. The Morgan fingerprint density at radius 3 is 1.72 bits per heavy atom. The third-order valence-electron chi connectivity index (χ3n) is 8.54. The summed E-state index contributed by atoms with van der Waals surface area (Å²) in [6.45, 7) is 17.6. The van der Waals surface area contributed by atoms with Crippen LogP contribution in [0.2, 0.25) is 0 Å². The van der Waals surface area contributed by atoms with Gasteiger partial charge in [-0.1, -0.05) is 85.7 Å². The highest BCUT2D eigenvalue weighted by Crippen LogP contribution is 2.56. The average molecular weight is 577 g/mol. The van der Waals surface area contributed by atoms with Gasteiger partial charge in [0.2, 0.25) is 0 Å². The first-order chi connectivity index (χ1) is 20.1. The predicted octanol–water partition coefficient (Wildman–Crippen LogP) is 9.35. The fraction of sp³-hybridized carbons (Fsp3) is 0.316. The van der Waals surface area contributed by atoms with Crippen molar-refractivity contribution in [2.75, 3.05) is 7.11 Å². The number of methoxy groups -OCH3 is 1. The van der Waals surface area contributed by atoms with Gasteiger partial charge < -0.3 is 14.6 Å². The molecule has 4 aromatic rings. The number of esters is 1. The number of carbonyl (C=O) groups excluding carboxylic acids is 2. The lowest BCUT2D eigenvalue weighted by atomic mass is 9.70. The number of benzene rings is 4. The zero-order chi connectivity index (χ0) is 31.5. The molecule has 0 saturated carbocycles. The van der Waals surface area contributed by atoms with Crippen LogP contribution in [-0.4, -0.2) is 24.5 Å². The number of hydrogen-bond acceptors (Lipinski definition) is 5. The van der Waals surface area contributed by atoms with E-state index in [-0.39, 0.29) is 28.1 Å². The largest absolute Gasteiger partial charge is 0.507 e. The molecule has 5 rings (SSSR count). The van der Waals surface area contributed by atoms with Crippen molar-refractivity contribution in [1.82, 2.24) is 0 Å². The number of phenolic OH excluding ortho intramolecular Hbond substituents is 1. The van der Waals surface area contributed by atoms with Gasteiger partial charge in [-0.3, -0.25) is 4.79 Å². The molecule has 0 aromatic heterocycles. The van der Waals surface area contributed by atoms with Gasteiger partial charge >= 0.3 is 5.97 Å². The monoisotopic (exact) mass is 576 g/mol. The van der Waals surface area contributed by atoms with E-state index in [2.05, 4.69) is 79.7 Å². The van der Waals surface area contributed by atoms with Crippen LogP contribution in [0.1, 0.15) is 98.4 Å². The summed E-state index contributed by atoms with van der Waals surface area (Å²) in [5.41, 5.74) is 7.96. The SMILES string of the molecule is COC(=O)c1ccc(-c2cc(C(C)(C)C)cc3c2Oc2c(-c4ccc(O)c(C=O)c4)cc(C(C)(C)C)cc2C3(C)C)cc1. The lowest BCUT2D eigenvalue weighted by molar-refractivity contribution is 0.0600. The van der Waals surface area contributed by atoms with E-state index in [0.29, 0.717) is 11.8 Å². The summed E-state index contributed by atoms with van der Waals surface area (Å²) in [4.78, 5) is 23.9. The topological polar surface area (TPSA) is 72.8 Å². The Balaban J connectivity index is 1.82. The molecular weight excluding hydrogens is 536 g/mol. The Kier molecular flexibility index (Phi) is 7.28. The molecule has 1 aliphatic heterocycles.